The maximum Gasteiger partial charge on any atom is 0.0639 e. The molecule has 2 heterocycles. The van der Waals surface area contributed by atoms with Crippen molar-refractivity contribution in [1.29, 1.82) is 0 Å². The number of piperazine rings is 1. The minimum absolute atomic E-state index is 0.229. The molecule has 1 N–H and O–H groups in total. The van der Waals surface area contributed by atoms with Crippen molar-refractivity contribution >= 4 is 0 Å². The van der Waals surface area contributed by atoms with Crippen LogP contribution in [-0.4, -0.2) is 64.8 Å². The van der Waals surface area contributed by atoms with E-state index in [4.69, 9.17) is 0 Å². The van der Waals surface area contributed by atoms with Gasteiger partial charge in [-0.2, -0.15) is 0 Å². The molecule has 0 saturated carbocycles. The molecule has 112 valence electrons. The van der Waals surface area contributed by atoms with Crippen LogP contribution in [0, 0.1) is 0 Å². The molecule has 4 heteroatoms. The Bertz CT molecular complexity index is 383. The van der Waals surface area contributed by atoms with E-state index in [0.717, 1.165) is 45.6 Å². The van der Waals surface area contributed by atoms with E-state index in [1.807, 2.05) is 19.3 Å². The Morgan fingerprint density at radius 3 is 2.75 bits per heavy atom. The minimum Gasteiger partial charge on any atom is -0.392 e. The van der Waals surface area contributed by atoms with E-state index in [1.54, 1.807) is 0 Å². The molecule has 1 aromatic heterocycles. The molecule has 4 nitrogen and oxygen atoms in total. The van der Waals surface area contributed by atoms with Crippen molar-refractivity contribution < 1.29 is 5.11 Å². The third-order valence-corrected chi connectivity index (χ3v) is 4.12. The fourth-order valence-corrected chi connectivity index (χ4v) is 2.96. The van der Waals surface area contributed by atoms with Crippen molar-refractivity contribution in [2.45, 2.75) is 38.8 Å². The molecule has 1 aliphatic rings. The third kappa shape index (κ3) is 4.54. The van der Waals surface area contributed by atoms with Gasteiger partial charge in [0.2, 0.25) is 0 Å². The SMILES string of the molecule is CC[C@@H]1CN(CCc2ccncc2)CCN1C[C@H](C)O. The van der Waals surface area contributed by atoms with Gasteiger partial charge in [-0.05, 0) is 37.5 Å². The van der Waals surface area contributed by atoms with E-state index >= 15 is 0 Å². The molecule has 1 fully saturated rings. The van der Waals surface area contributed by atoms with E-state index in [0.29, 0.717) is 6.04 Å². The highest BCUT2D eigenvalue weighted by Crippen LogP contribution is 2.14. The van der Waals surface area contributed by atoms with Crippen LogP contribution < -0.4 is 0 Å². The van der Waals surface area contributed by atoms with Crippen molar-refractivity contribution in [3.8, 4) is 0 Å². The van der Waals surface area contributed by atoms with E-state index < -0.39 is 0 Å². The number of β-amino-alcohol motifs (C(OH)–C–C–N with tert-alkyl or cyclic N) is 1. The quantitative estimate of drug-likeness (QED) is 0.853. The smallest absolute Gasteiger partial charge is 0.0639 e. The van der Waals surface area contributed by atoms with Gasteiger partial charge in [-0.15, -0.1) is 0 Å². The summed E-state index contributed by atoms with van der Waals surface area (Å²) in [6, 6.07) is 4.78. The number of rotatable bonds is 6. The number of aliphatic hydroxyl groups is 1. The Morgan fingerprint density at radius 2 is 2.10 bits per heavy atom. The topological polar surface area (TPSA) is 39.6 Å². The summed E-state index contributed by atoms with van der Waals surface area (Å²) in [6.45, 7) is 9.33. The number of nitrogens with zero attached hydrogens (tertiary/aromatic N) is 3. The lowest BCUT2D eigenvalue weighted by atomic mass is 10.1. The molecule has 0 bridgehead atoms. The molecule has 20 heavy (non-hydrogen) atoms. The molecule has 0 radical (unpaired) electrons. The van der Waals surface area contributed by atoms with Gasteiger partial charge in [0, 0.05) is 51.2 Å². The maximum atomic E-state index is 9.57. The average Bonchev–Trinajstić information content (AvgIpc) is 2.46. The van der Waals surface area contributed by atoms with Gasteiger partial charge >= 0.3 is 0 Å². The van der Waals surface area contributed by atoms with Crippen LogP contribution in [0.2, 0.25) is 0 Å². The predicted octanol–water partition coefficient (Wildman–Crippen LogP) is 1.40. The lowest BCUT2D eigenvalue weighted by Gasteiger charge is -2.41. The van der Waals surface area contributed by atoms with Crippen molar-refractivity contribution in [2.24, 2.45) is 0 Å². The van der Waals surface area contributed by atoms with E-state index in [9.17, 15) is 5.11 Å². The molecule has 0 unspecified atom stereocenters. The molecular formula is C16H27N3O. The van der Waals surface area contributed by atoms with Gasteiger partial charge < -0.3 is 10.0 Å². The van der Waals surface area contributed by atoms with E-state index in [1.165, 1.54) is 5.56 Å². The predicted molar refractivity (Wildman–Crippen MR) is 81.7 cm³/mol. The summed E-state index contributed by atoms with van der Waals surface area (Å²) in [5.41, 5.74) is 1.36. The lowest BCUT2D eigenvalue weighted by Crippen LogP contribution is -2.54. The van der Waals surface area contributed by atoms with Gasteiger partial charge in [0.05, 0.1) is 6.10 Å². The Kier molecular flexibility index (Phi) is 5.95. The summed E-state index contributed by atoms with van der Waals surface area (Å²) in [4.78, 5) is 9.05. The highest BCUT2D eigenvalue weighted by molar-refractivity contribution is 5.10. The molecule has 1 aromatic rings. The van der Waals surface area contributed by atoms with Gasteiger partial charge in [-0.25, -0.2) is 0 Å². The highest BCUT2D eigenvalue weighted by Gasteiger charge is 2.25. The van der Waals surface area contributed by atoms with Gasteiger partial charge in [-0.1, -0.05) is 6.92 Å². The van der Waals surface area contributed by atoms with Crippen LogP contribution >= 0.6 is 0 Å². The molecule has 1 saturated heterocycles. The second-order valence-electron chi connectivity index (χ2n) is 5.81. The average molecular weight is 277 g/mol. The Labute approximate surface area is 122 Å². The van der Waals surface area contributed by atoms with E-state index in [-0.39, 0.29) is 6.10 Å². The van der Waals surface area contributed by atoms with Gasteiger partial charge in [0.15, 0.2) is 0 Å². The van der Waals surface area contributed by atoms with Crippen LogP contribution in [0.5, 0.6) is 0 Å². The minimum atomic E-state index is -0.229. The first-order valence-corrected chi connectivity index (χ1v) is 7.72. The Balaban J connectivity index is 1.81. The molecular weight excluding hydrogens is 250 g/mol. The van der Waals surface area contributed by atoms with Crippen LogP contribution in [0.15, 0.2) is 24.5 Å². The summed E-state index contributed by atoms with van der Waals surface area (Å²) in [6.07, 6.45) is 5.75. The van der Waals surface area contributed by atoms with E-state index in [2.05, 4.69) is 33.8 Å². The summed E-state index contributed by atoms with van der Waals surface area (Å²) in [7, 11) is 0. The number of hydrogen-bond donors (Lipinski definition) is 1. The Morgan fingerprint density at radius 1 is 1.35 bits per heavy atom. The number of hydrogen-bond acceptors (Lipinski definition) is 4. The fourth-order valence-electron chi connectivity index (χ4n) is 2.96. The van der Waals surface area contributed by atoms with Gasteiger partial charge in [0.1, 0.15) is 0 Å². The standard InChI is InChI=1S/C16H27N3O/c1-3-16-13-18(10-11-19(16)12-14(2)20)9-6-15-4-7-17-8-5-15/h4-5,7-8,14,16,20H,3,6,9-13H2,1-2H3/t14-,16+/m0/s1. The van der Waals surface area contributed by atoms with Crippen LogP contribution in [0.4, 0.5) is 0 Å². The molecule has 2 atom stereocenters. The molecule has 0 aliphatic carbocycles. The molecule has 0 amide bonds. The monoisotopic (exact) mass is 277 g/mol. The van der Waals surface area contributed by atoms with Crippen molar-refractivity contribution in [2.75, 3.05) is 32.7 Å². The second kappa shape index (κ2) is 7.72. The zero-order valence-electron chi connectivity index (χ0n) is 12.7. The van der Waals surface area contributed by atoms with Crippen molar-refractivity contribution in [1.82, 2.24) is 14.8 Å². The summed E-state index contributed by atoms with van der Waals surface area (Å²) >= 11 is 0. The largest absolute Gasteiger partial charge is 0.392 e. The van der Waals surface area contributed by atoms with Crippen LogP contribution in [0.25, 0.3) is 0 Å². The second-order valence-corrected chi connectivity index (χ2v) is 5.81. The summed E-state index contributed by atoms with van der Waals surface area (Å²) < 4.78 is 0. The molecule has 0 aromatic carbocycles. The van der Waals surface area contributed by atoms with Gasteiger partial charge in [-0.3, -0.25) is 9.88 Å². The zero-order valence-corrected chi connectivity index (χ0v) is 12.7. The van der Waals surface area contributed by atoms with Crippen LogP contribution in [0.1, 0.15) is 25.8 Å². The number of aromatic nitrogens is 1. The zero-order chi connectivity index (χ0) is 14.4. The summed E-state index contributed by atoms with van der Waals surface area (Å²) in [5, 5.41) is 9.57. The van der Waals surface area contributed by atoms with Gasteiger partial charge in [0.25, 0.3) is 0 Å². The molecule has 1 aliphatic heterocycles. The highest BCUT2D eigenvalue weighted by atomic mass is 16.3. The maximum absolute atomic E-state index is 9.57. The first-order valence-electron chi connectivity index (χ1n) is 7.72. The normalized spacial score (nSPS) is 22.9. The van der Waals surface area contributed by atoms with Crippen LogP contribution in [-0.2, 0) is 6.42 Å². The molecule has 0 spiro atoms. The molecule has 2 rings (SSSR count). The fraction of sp³-hybridized carbons (Fsp3) is 0.688. The summed E-state index contributed by atoms with van der Waals surface area (Å²) in [5.74, 6) is 0. The number of pyridine rings is 1. The van der Waals surface area contributed by atoms with Crippen molar-refractivity contribution in [3.05, 3.63) is 30.1 Å². The lowest BCUT2D eigenvalue weighted by molar-refractivity contribution is 0.0371. The van der Waals surface area contributed by atoms with Crippen LogP contribution in [0.3, 0.4) is 0 Å². The van der Waals surface area contributed by atoms with Crippen molar-refractivity contribution in [3.63, 3.8) is 0 Å². The Hall–Kier alpha value is -0.970. The first kappa shape index (κ1) is 15.4. The first-order chi connectivity index (χ1) is 9.69. The third-order valence-electron chi connectivity index (χ3n) is 4.12. The number of aliphatic hydroxyl groups excluding tert-OH is 1.